The Hall–Kier alpha value is -1.48. The van der Waals surface area contributed by atoms with Crippen LogP contribution in [0.5, 0.6) is 5.75 Å². The van der Waals surface area contributed by atoms with Crippen LogP contribution in [0.15, 0.2) is 24.4 Å². The highest BCUT2D eigenvalue weighted by Crippen LogP contribution is 2.29. The van der Waals surface area contributed by atoms with E-state index in [4.69, 9.17) is 22.1 Å². The van der Waals surface area contributed by atoms with E-state index in [-0.39, 0.29) is 0 Å². The lowest BCUT2D eigenvalue weighted by Crippen LogP contribution is -1.91. The van der Waals surface area contributed by atoms with Gasteiger partial charge in [0, 0.05) is 11.6 Å². The third kappa shape index (κ3) is 1.36. The third-order valence-electron chi connectivity index (χ3n) is 2.07. The highest BCUT2D eigenvalue weighted by atomic mass is 35.5. The van der Waals surface area contributed by atoms with Crippen molar-refractivity contribution in [3.63, 3.8) is 0 Å². The molecule has 0 saturated heterocycles. The Labute approximate surface area is 86.5 Å². The number of rotatable bonds is 1. The fourth-order valence-corrected chi connectivity index (χ4v) is 1.45. The molecule has 0 aliphatic heterocycles. The molecular formula is C10H9ClN2O. The molecule has 4 heteroatoms. The molecule has 1 aromatic heterocycles. The molecule has 1 heterocycles. The minimum Gasteiger partial charge on any atom is -0.497 e. The summed E-state index contributed by atoms with van der Waals surface area (Å²) in [4.78, 5) is 4.15. The van der Waals surface area contributed by atoms with Crippen LogP contribution >= 0.6 is 11.6 Å². The number of benzene rings is 1. The Morgan fingerprint density at radius 1 is 1.43 bits per heavy atom. The van der Waals surface area contributed by atoms with Gasteiger partial charge in [-0.1, -0.05) is 11.6 Å². The first-order chi connectivity index (χ1) is 6.72. The van der Waals surface area contributed by atoms with Crippen LogP contribution in [0.3, 0.4) is 0 Å². The van der Waals surface area contributed by atoms with Crippen LogP contribution in [-0.2, 0) is 0 Å². The first-order valence-electron chi connectivity index (χ1n) is 4.10. The smallest absolute Gasteiger partial charge is 0.119 e. The minimum absolute atomic E-state index is 0.464. The predicted molar refractivity (Wildman–Crippen MR) is 57.7 cm³/mol. The number of hydrogen-bond acceptors (Lipinski definition) is 3. The number of anilines is 1. The average molecular weight is 209 g/mol. The predicted octanol–water partition coefficient (Wildman–Crippen LogP) is 2.48. The van der Waals surface area contributed by atoms with Crippen molar-refractivity contribution >= 4 is 28.2 Å². The number of ether oxygens (including phenoxy) is 1. The van der Waals surface area contributed by atoms with Crippen molar-refractivity contribution in [3.05, 3.63) is 29.4 Å². The van der Waals surface area contributed by atoms with Crippen molar-refractivity contribution in [2.24, 2.45) is 0 Å². The van der Waals surface area contributed by atoms with Gasteiger partial charge in [0.15, 0.2) is 0 Å². The van der Waals surface area contributed by atoms with E-state index in [1.807, 2.05) is 18.2 Å². The summed E-state index contributed by atoms with van der Waals surface area (Å²) in [7, 11) is 1.61. The quantitative estimate of drug-likeness (QED) is 0.783. The van der Waals surface area contributed by atoms with Crippen molar-refractivity contribution in [1.29, 1.82) is 0 Å². The van der Waals surface area contributed by atoms with Crippen molar-refractivity contribution in [3.8, 4) is 5.75 Å². The van der Waals surface area contributed by atoms with Crippen molar-refractivity contribution in [2.75, 3.05) is 12.8 Å². The summed E-state index contributed by atoms with van der Waals surface area (Å²) >= 11 is 5.85. The van der Waals surface area contributed by atoms with E-state index in [0.717, 1.165) is 16.7 Å². The standard InChI is InChI=1S/C10H9ClN2O/c1-14-6-2-3-9-7(4-6)10(12)8(11)5-13-9/h2-5H,1H3,(H2,12,13). The van der Waals surface area contributed by atoms with Crippen LogP contribution in [0, 0.1) is 0 Å². The number of pyridine rings is 1. The molecule has 0 aliphatic carbocycles. The van der Waals surface area contributed by atoms with Crippen molar-refractivity contribution < 1.29 is 4.74 Å². The zero-order valence-corrected chi connectivity index (χ0v) is 8.38. The molecule has 0 radical (unpaired) electrons. The molecule has 3 nitrogen and oxygen atoms in total. The number of nitrogens with zero attached hydrogens (tertiary/aromatic N) is 1. The molecule has 0 spiro atoms. The molecule has 14 heavy (non-hydrogen) atoms. The van der Waals surface area contributed by atoms with E-state index in [1.165, 1.54) is 0 Å². The molecule has 0 saturated carbocycles. The fourth-order valence-electron chi connectivity index (χ4n) is 1.29. The van der Waals surface area contributed by atoms with Gasteiger partial charge in [-0.25, -0.2) is 0 Å². The van der Waals surface area contributed by atoms with Gasteiger partial charge in [0.2, 0.25) is 0 Å². The van der Waals surface area contributed by atoms with Crippen LogP contribution in [0.2, 0.25) is 5.02 Å². The number of fused-ring (bicyclic) bond motifs is 1. The largest absolute Gasteiger partial charge is 0.497 e. The Balaban J connectivity index is 2.78. The number of aromatic nitrogens is 1. The van der Waals surface area contributed by atoms with Gasteiger partial charge in [-0.15, -0.1) is 0 Å². The summed E-state index contributed by atoms with van der Waals surface area (Å²) in [5, 5.41) is 1.28. The maximum absolute atomic E-state index is 5.85. The SMILES string of the molecule is COc1ccc2ncc(Cl)c(N)c2c1. The lowest BCUT2D eigenvalue weighted by Gasteiger charge is -2.05. The van der Waals surface area contributed by atoms with Gasteiger partial charge in [0.25, 0.3) is 0 Å². The fraction of sp³-hybridized carbons (Fsp3) is 0.100. The molecule has 0 unspecified atom stereocenters. The lowest BCUT2D eigenvalue weighted by molar-refractivity contribution is 0.415. The van der Waals surface area contributed by atoms with Gasteiger partial charge in [-0.05, 0) is 18.2 Å². The molecule has 2 N–H and O–H groups in total. The van der Waals surface area contributed by atoms with E-state index in [1.54, 1.807) is 13.3 Å². The zero-order valence-electron chi connectivity index (χ0n) is 7.62. The third-order valence-corrected chi connectivity index (χ3v) is 2.37. The highest BCUT2D eigenvalue weighted by molar-refractivity contribution is 6.34. The van der Waals surface area contributed by atoms with Crippen LogP contribution in [0.1, 0.15) is 0 Å². The van der Waals surface area contributed by atoms with E-state index in [2.05, 4.69) is 4.98 Å². The summed E-state index contributed by atoms with van der Waals surface area (Å²) in [6.07, 6.45) is 1.55. The average Bonchev–Trinajstić information content (AvgIpc) is 2.23. The molecular weight excluding hydrogens is 200 g/mol. The normalized spacial score (nSPS) is 10.4. The van der Waals surface area contributed by atoms with E-state index in [0.29, 0.717) is 10.7 Å². The summed E-state index contributed by atoms with van der Waals surface area (Å²) in [6, 6.07) is 5.51. The first kappa shape index (κ1) is 9.09. The molecule has 0 atom stereocenters. The Kier molecular flexibility index (Phi) is 2.17. The van der Waals surface area contributed by atoms with Crippen LogP contribution in [0.4, 0.5) is 5.69 Å². The summed E-state index contributed by atoms with van der Waals surface area (Å²) in [6.45, 7) is 0. The van der Waals surface area contributed by atoms with Crippen molar-refractivity contribution in [2.45, 2.75) is 0 Å². The summed E-state index contributed by atoms with van der Waals surface area (Å²) in [5.41, 5.74) is 7.16. The van der Waals surface area contributed by atoms with Crippen LogP contribution in [0.25, 0.3) is 10.9 Å². The highest BCUT2D eigenvalue weighted by Gasteiger charge is 2.04. The monoisotopic (exact) mass is 208 g/mol. The van der Waals surface area contributed by atoms with Gasteiger partial charge in [-0.2, -0.15) is 0 Å². The second-order valence-electron chi connectivity index (χ2n) is 2.90. The lowest BCUT2D eigenvalue weighted by atomic mass is 10.2. The Morgan fingerprint density at radius 3 is 2.93 bits per heavy atom. The van der Waals surface area contributed by atoms with Gasteiger partial charge in [0.1, 0.15) is 5.75 Å². The Bertz CT molecular complexity index is 485. The van der Waals surface area contributed by atoms with Crippen LogP contribution in [-0.4, -0.2) is 12.1 Å². The zero-order chi connectivity index (χ0) is 10.1. The summed E-state index contributed by atoms with van der Waals surface area (Å²) < 4.78 is 5.09. The molecule has 72 valence electrons. The van der Waals surface area contributed by atoms with Gasteiger partial charge < -0.3 is 10.5 Å². The molecule has 2 rings (SSSR count). The molecule has 2 aromatic rings. The molecule has 1 aromatic carbocycles. The van der Waals surface area contributed by atoms with Crippen LogP contribution < -0.4 is 10.5 Å². The second kappa shape index (κ2) is 3.35. The van der Waals surface area contributed by atoms with E-state index in [9.17, 15) is 0 Å². The topological polar surface area (TPSA) is 48.1 Å². The van der Waals surface area contributed by atoms with Gasteiger partial charge in [0.05, 0.1) is 23.3 Å². The number of nitrogens with two attached hydrogens (primary N) is 1. The number of nitrogen functional groups attached to an aromatic ring is 1. The molecule has 0 amide bonds. The van der Waals surface area contributed by atoms with Gasteiger partial charge in [-0.3, -0.25) is 4.98 Å². The Morgan fingerprint density at radius 2 is 2.21 bits per heavy atom. The molecule has 0 bridgehead atoms. The molecule has 0 aliphatic rings. The summed E-state index contributed by atoms with van der Waals surface area (Å²) in [5.74, 6) is 0.744. The van der Waals surface area contributed by atoms with E-state index < -0.39 is 0 Å². The minimum atomic E-state index is 0.464. The second-order valence-corrected chi connectivity index (χ2v) is 3.31. The van der Waals surface area contributed by atoms with Gasteiger partial charge >= 0.3 is 0 Å². The maximum atomic E-state index is 5.85. The number of methoxy groups -OCH3 is 1. The number of halogens is 1. The first-order valence-corrected chi connectivity index (χ1v) is 4.48. The van der Waals surface area contributed by atoms with Crippen molar-refractivity contribution in [1.82, 2.24) is 4.98 Å². The molecule has 0 fully saturated rings. The number of hydrogen-bond donors (Lipinski definition) is 1. The maximum Gasteiger partial charge on any atom is 0.119 e. The van der Waals surface area contributed by atoms with E-state index >= 15 is 0 Å².